The molecule has 2 aromatic carbocycles. The summed E-state index contributed by atoms with van der Waals surface area (Å²) in [5, 5.41) is 2.51. The van der Waals surface area contributed by atoms with Crippen LogP contribution >= 0.6 is 0 Å². The van der Waals surface area contributed by atoms with Crippen LogP contribution in [0.4, 0.5) is 0 Å². The zero-order valence-corrected chi connectivity index (χ0v) is 32.5. The van der Waals surface area contributed by atoms with E-state index in [1.165, 1.54) is 48.4 Å². The number of furan rings is 1. The topological polar surface area (TPSA) is 51.8 Å². The molecule has 4 nitrogen and oxygen atoms in total. The second-order valence-corrected chi connectivity index (χ2v) is 19.6. The van der Waals surface area contributed by atoms with Gasteiger partial charge in [0.25, 0.3) is 0 Å². The Morgan fingerprint density at radius 1 is 0.833 bits per heavy atom. The van der Waals surface area contributed by atoms with E-state index in [1.54, 1.807) is 6.20 Å². The molecule has 48 heavy (non-hydrogen) atoms. The Morgan fingerprint density at radius 2 is 1.65 bits per heavy atom. The van der Waals surface area contributed by atoms with Gasteiger partial charge in [0.15, 0.2) is 0 Å². The van der Waals surface area contributed by atoms with Crippen LogP contribution in [0.5, 0.6) is 0 Å². The van der Waals surface area contributed by atoms with Gasteiger partial charge in [-0.2, -0.15) is 0 Å². The Kier molecular flexibility index (Phi) is 11.8. The average molecular weight is 830 g/mol. The quantitative estimate of drug-likeness (QED) is 0.119. The molecule has 0 bridgehead atoms. The molecule has 0 saturated heterocycles. The van der Waals surface area contributed by atoms with Crippen LogP contribution in [0.3, 0.4) is 0 Å². The fraction of sp³-hybridized carbons (Fsp3) is 0.357. The number of hydrogen-bond donors (Lipinski definition) is 0. The van der Waals surface area contributed by atoms with Crippen molar-refractivity contribution in [1.82, 2.24) is 15.0 Å². The molecule has 1 atom stereocenters. The predicted molar refractivity (Wildman–Crippen MR) is 199 cm³/mol. The largest absolute Gasteiger partial charge is 0.499 e. The summed E-state index contributed by atoms with van der Waals surface area (Å²) in [4.78, 5) is 13.8. The van der Waals surface area contributed by atoms with Crippen molar-refractivity contribution in [3.05, 3.63) is 109 Å². The van der Waals surface area contributed by atoms with Crippen molar-refractivity contribution < 1.29 is 24.5 Å². The van der Waals surface area contributed by atoms with E-state index >= 15 is 0 Å². The maximum absolute atomic E-state index is 6.12. The Labute approximate surface area is 301 Å². The van der Waals surface area contributed by atoms with Crippen molar-refractivity contribution in [2.45, 2.75) is 84.9 Å². The molecule has 0 spiro atoms. The van der Waals surface area contributed by atoms with E-state index in [1.807, 2.05) is 48.7 Å². The minimum Gasteiger partial charge on any atom is -0.499 e. The fourth-order valence-corrected chi connectivity index (χ4v) is 8.60. The molecule has 6 heteroatoms. The van der Waals surface area contributed by atoms with Gasteiger partial charge in [0.05, 0.1) is 19.2 Å². The summed E-state index contributed by atoms with van der Waals surface area (Å²) in [7, 11) is -1.34. The van der Waals surface area contributed by atoms with Crippen LogP contribution in [0.25, 0.3) is 44.6 Å². The van der Waals surface area contributed by atoms with E-state index in [0.29, 0.717) is 11.8 Å². The third-order valence-electron chi connectivity index (χ3n) is 9.52. The summed E-state index contributed by atoms with van der Waals surface area (Å²) in [6, 6.07) is 29.2. The van der Waals surface area contributed by atoms with Crippen LogP contribution in [0.15, 0.2) is 89.7 Å². The number of rotatable bonds is 7. The van der Waals surface area contributed by atoms with E-state index in [-0.39, 0.29) is 20.1 Å². The van der Waals surface area contributed by atoms with E-state index in [0.717, 1.165) is 56.9 Å². The van der Waals surface area contributed by atoms with Crippen molar-refractivity contribution in [2.24, 2.45) is 11.8 Å². The Balaban J connectivity index is 0.000000193. The van der Waals surface area contributed by atoms with E-state index < -0.39 is 8.07 Å². The van der Waals surface area contributed by atoms with Gasteiger partial charge in [0, 0.05) is 38.7 Å². The van der Waals surface area contributed by atoms with Gasteiger partial charge in [-0.15, -0.1) is 54.1 Å². The van der Waals surface area contributed by atoms with Crippen molar-refractivity contribution in [3.63, 3.8) is 0 Å². The first-order chi connectivity index (χ1) is 22.7. The van der Waals surface area contributed by atoms with Crippen LogP contribution in [-0.2, 0) is 26.5 Å². The summed E-state index contributed by atoms with van der Waals surface area (Å²) >= 11 is 0. The van der Waals surface area contributed by atoms with E-state index in [9.17, 15) is 0 Å². The van der Waals surface area contributed by atoms with Crippen molar-refractivity contribution >= 4 is 35.3 Å². The van der Waals surface area contributed by atoms with Gasteiger partial charge in [-0.25, -0.2) is 0 Å². The maximum atomic E-state index is 6.12. The van der Waals surface area contributed by atoms with Gasteiger partial charge in [0.2, 0.25) is 0 Å². The number of benzene rings is 2. The molecule has 1 radical (unpaired) electrons. The fourth-order valence-electron chi connectivity index (χ4n) is 7.01. The van der Waals surface area contributed by atoms with Crippen molar-refractivity contribution in [2.75, 3.05) is 0 Å². The Morgan fingerprint density at radius 3 is 2.38 bits per heavy atom. The summed E-state index contributed by atoms with van der Waals surface area (Å²) < 4.78 is 6.12. The number of aromatic nitrogens is 3. The standard InChI is InChI=1S/C24H23N2O.C18H24NSi.Ir/c1-16(17-7-3-2-4-8-17)18-12-14-25-21(15-18)19-9-5-10-20-23-22(27-24(19)20)11-6-13-26-23;1-14(2)11-16-12-17(15-9-7-6-8-10-15)19-13-18(16)20(3,4)5;/h5-6,10-17H,2-4,7-8H2,1H3;6-9,12-14H,11H2,1-5H3;/q2*-1;. The molecule has 1 fully saturated rings. The Bertz CT molecular complexity index is 1940. The summed E-state index contributed by atoms with van der Waals surface area (Å²) in [6.07, 6.45) is 13.8. The smallest absolute Gasteiger partial charge is 0.139 e. The third kappa shape index (κ3) is 8.22. The summed E-state index contributed by atoms with van der Waals surface area (Å²) in [5.41, 5.74) is 9.34. The van der Waals surface area contributed by atoms with Crippen LogP contribution in [-0.4, -0.2) is 23.0 Å². The second kappa shape index (κ2) is 15.8. The molecule has 6 aromatic rings. The molecule has 7 rings (SSSR count). The molecule has 251 valence electrons. The molecule has 4 aromatic heterocycles. The Hall–Kier alpha value is -3.44. The number of nitrogens with zero attached hydrogens (tertiary/aromatic N) is 3. The van der Waals surface area contributed by atoms with Gasteiger partial charge in [-0.3, -0.25) is 4.98 Å². The molecular formula is C42H47IrN3OSi-2. The van der Waals surface area contributed by atoms with Crippen molar-refractivity contribution in [3.8, 4) is 22.5 Å². The van der Waals surface area contributed by atoms with Crippen LogP contribution < -0.4 is 5.19 Å². The van der Waals surface area contributed by atoms with E-state index in [2.05, 4.69) is 98.0 Å². The molecular weight excluding hydrogens is 783 g/mol. The molecule has 1 unspecified atom stereocenters. The number of hydrogen-bond acceptors (Lipinski definition) is 4. The van der Waals surface area contributed by atoms with Gasteiger partial charge in [0.1, 0.15) is 5.58 Å². The van der Waals surface area contributed by atoms with Crippen LogP contribution in [0.2, 0.25) is 19.6 Å². The van der Waals surface area contributed by atoms with Crippen LogP contribution in [0, 0.1) is 24.0 Å². The number of pyridine rings is 3. The SMILES string of the molecule is CC(C)Cc1cc(-c2[c-]cccc2)ncc1[Si](C)(C)C.CC(c1ccnc(-c2[c-]ccc3c2oc2cccnc23)c1)C1CCCCC1.[Ir]. The first-order valence-electron chi connectivity index (χ1n) is 17.3. The average Bonchev–Trinajstić information content (AvgIpc) is 3.47. The minimum absolute atomic E-state index is 0. The molecule has 1 aliphatic carbocycles. The molecule has 0 aliphatic heterocycles. The predicted octanol–water partition coefficient (Wildman–Crippen LogP) is 10.8. The van der Waals surface area contributed by atoms with Gasteiger partial charge in [-0.05, 0) is 77.2 Å². The number of fused-ring (bicyclic) bond motifs is 3. The minimum atomic E-state index is -1.34. The maximum Gasteiger partial charge on any atom is 0.139 e. The monoisotopic (exact) mass is 830 g/mol. The first kappa shape index (κ1) is 35.9. The molecule has 1 saturated carbocycles. The summed E-state index contributed by atoms with van der Waals surface area (Å²) in [5.74, 6) is 2.01. The summed E-state index contributed by atoms with van der Waals surface area (Å²) in [6.45, 7) is 14.1. The molecule has 0 amide bonds. The molecule has 0 N–H and O–H groups in total. The van der Waals surface area contributed by atoms with Gasteiger partial charge < -0.3 is 14.4 Å². The molecule has 4 heterocycles. The normalized spacial score (nSPS) is 14.4. The van der Waals surface area contributed by atoms with Crippen molar-refractivity contribution in [1.29, 1.82) is 0 Å². The van der Waals surface area contributed by atoms with Gasteiger partial charge >= 0.3 is 0 Å². The third-order valence-corrected chi connectivity index (χ3v) is 11.6. The van der Waals surface area contributed by atoms with Gasteiger partial charge in [-0.1, -0.05) is 88.5 Å². The zero-order valence-electron chi connectivity index (χ0n) is 29.1. The van der Waals surface area contributed by atoms with Crippen LogP contribution in [0.1, 0.15) is 69.9 Å². The second-order valence-electron chi connectivity index (χ2n) is 14.6. The van der Waals surface area contributed by atoms with E-state index in [4.69, 9.17) is 4.42 Å². The first-order valence-corrected chi connectivity index (χ1v) is 20.8. The zero-order chi connectivity index (χ0) is 33.0. The molecule has 1 aliphatic rings.